The van der Waals surface area contributed by atoms with Crippen LogP contribution in [0.15, 0.2) is 53.6 Å². The number of anilines is 1. The van der Waals surface area contributed by atoms with E-state index in [-0.39, 0.29) is 23.2 Å². The number of methoxy groups -OCH3 is 1. The molecule has 160 valence electrons. The van der Waals surface area contributed by atoms with Crippen molar-refractivity contribution in [3.63, 3.8) is 0 Å². The lowest BCUT2D eigenvalue weighted by molar-refractivity contribution is -0.274. The van der Waals surface area contributed by atoms with Crippen LogP contribution in [0.4, 0.5) is 18.9 Å². The third-order valence-corrected chi connectivity index (χ3v) is 4.27. The summed E-state index contributed by atoms with van der Waals surface area (Å²) in [6.07, 6.45) is -3.32. The molecule has 7 nitrogen and oxygen atoms in total. The lowest BCUT2D eigenvalue weighted by Gasteiger charge is -2.09. The summed E-state index contributed by atoms with van der Waals surface area (Å²) < 4.78 is 45.2. The largest absolute Gasteiger partial charge is 0.573 e. The number of amides is 2. The van der Waals surface area contributed by atoms with Crippen LogP contribution in [-0.4, -0.2) is 43.0 Å². The Kier molecular flexibility index (Phi) is 8.54. The summed E-state index contributed by atoms with van der Waals surface area (Å²) in [5.74, 6) is -0.539. The Morgan fingerprint density at radius 2 is 1.77 bits per heavy atom. The molecule has 2 N–H and O–H groups in total. The Morgan fingerprint density at radius 1 is 1.07 bits per heavy atom. The van der Waals surface area contributed by atoms with Crippen LogP contribution < -0.4 is 20.2 Å². The van der Waals surface area contributed by atoms with Crippen molar-refractivity contribution in [3.8, 4) is 11.5 Å². The predicted octanol–water partition coefficient (Wildman–Crippen LogP) is 3.42. The summed E-state index contributed by atoms with van der Waals surface area (Å²) in [4.78, 5) is 23.6. The van der Waals surface area contributed by atoms with Crippen molar-refractivity contribution in [2.75, 3.05) is 23.9 Å². The second kappa shape index (κ2) is 11.1. The lowest BCUT2D eigenvalue weighted by Crippen LogP contribution is -2.21. The van der Waals surface area contributed by atoms with E-state index in [4.69, 9.17) is 4.74 Å². The van der Waals surface area contributed by atoms with E-state index >= 15 is 0 Å². The number of carbonyl (C=O) groups excluding carboxylic acids is 2. The Hall–Kier alpha value is -3.21. The highest BCUT2D eigenvalue weighted by atomic mass is 32.2. The second-order valence-corrected chi connectivity index (χ2v) is 6.67. The number of hydrogen-bond acceptors (Lipinski definition) is 6. The van der Waals surface area contributed by atoms with Gasteiger partial charge in [-0.05, 0) is 42.0 Å². The van der Waals surface area contributed by atoms with Crippen LogP contribution in [0.3, 0.4) is 0 Å². The molecule has 0 saturated heterocycles. The Labute approximate surface area is 174 Å². The maximum atomic E-state index is 12.1. The smallest absolute Gasteiger partial charge is 0.497 e. The summed E-state index contributed by atoms with van der Waals surface area (Å²) in [5, 5.41) is 6.34. The van der Waals surface area contributed by atoms with Gasteiger partial charge in [0.25, 0.3) is 0 Å². The molecule has 0 aliphatic carbocycles. The molecule has 0 aliphatic rings. The highest BCUT2D eigenvalue weighted by Crippen LogP contribution is 2.24. The molecule has 0 heterocycles. The standard InChI is InChI=1S/C19H18F3N3O4S/c1-28-16-4-2-3-13(9-16)10-23-25-18(27)12-30-11-17(26)24-14-5-7-15(8-6-14)29-19(20,21)22/h2-10H,11-12H2,1H3,(H,24,26)(H,25,27)/b23-10-. The van der Waals surface area contributed by atoms with Crippen molar-refractivity contribution in [1.82, 2.24) is 5.43 Å². The van der Waals surface area contributed by atoms with Gasteiger partial charge < -0.3 is 14.8 Å². The van der Waals surface area contributed by atoms with Gasteiger partial charge in [0.05, 0.1) is 24.8 Å². The average Bonchev–Trinajstić information content (AvgIpc) is 2.68. The number of rotatable bonds is 9. The molecule has 0 fully saturated rings. The molecule has 2 aromatic rings. The quantitative estimate of drug-likeness (QED) is 0.460. The van der Waals surface area contributed by atoms with Gasteiger partial charge in [0.1, 0.15) is 11.5 Å². The van der Waals surface area contributed by atoms with E-state index in [2.05, 4.69) is 20.6 Å². The first-order chi connectivity index (χ1) is 14.2. The van der Waals surface area contributed by atoms with E-state index in [0.29, 0.717) is 11.4 Å². The molecular weight excluding hydrogens is 423 g/mol. The van der Waals surface area contributed by atoms with E-state index in [1.54, 1.807) is 31.4 Å². The molecule has 0 radical (unpaired) electrons. The van der Waals surface area contributed by atoms with Crippen molar-refractivity contribution < 1.29 is 32.2 Å². The summed E-state index contributed by atoms with van der Waals surface area (Å²) in [7, 11) is 1.54. The first-order valence-electron chi connectivity index (χ1n) is 8.44. The SMILES string of the molecule is COc1cccc(/C=N\NC(=O)CSCC(=O)Nc2ccc(OC(F)(F)F)cc2)c1. The van der Waals surface area contributed by atoms with Crippen LogP contribution in [0.1, 0.15) is 5.56 Å². The zero-order chi connectivity index (χ0) is 22.0. The van der Waals surface area contributed by atoms with Crippen LogP contribution in [0.5, 0.6) is 11.5 Å². The number of nitrogens with zero attached hydrogens (tertiary/aromatic N) is 1. The van der Waals surface area contributed by atoms with Crippen LogP contribution in [-0.2, 0) is 9.59 Å². The van der Waals surface area contributed by atoms with Gasteiger partial charge in [-0.2, -0.15) is 5.10 Å². The van der Waals surface area contributed by atoms with Crippen molar-refractivity contribution in [3.05, 3.63) is 54.1 Å². The first-order valence-corrected chi connectivity index (χ1v) is 9.60. The second-order valence-electron chi connectivity index (χ2n) is 5.68. The number of ether oxygens (including phenoxy) is 2. The van der Waals surface area contributed by atoms with Gasteiger partial charge in [0.15, 0.2) is 0 Å². The van der Waals surface area contributed by atoms with E-state index < -0.39 is 12.3 Å². The number of thioether (sulfide) groups is 1. The monoisotopic (exact) mass is 441 g/mol. The van der Waals surface area contributed by atoms with Crippen LogP contribution in [0, 0.1) is 0 Å². The number of nitrogens with one attached hydrogen (secondary N) is 2. The molecule has 11 heteroatoms. The molecule has 0 spiro atoms. The van der Waals surface area contributed by atoms with Crippen molar-refractivity contribution in [2.24, 2.45) is 5.10 Å². The summed E-state index contributed by atoms with van der Waals surface area (Å²) in [6, 6.07) is 11.8. The number of carbonyl (C=O) groups is 2. The summed E-state index contributed by atoms with van der Waals surface area (Å²) >= 11 is 1.06. The van der Waals surface area contributed by atoms with Crippen LogP contribution >= 0.6 is 11.8 Å². The van der Waals surface area contributed by atoms with Crippen molar-refractivity contribution in [2.45, 2.75) is 6.36 Å². The fourth-order valence-electron chi connectivity index (χ4n) is 2.11. The topological polar surface area (TPSA) is 89.0 Å². The Bertz CT molecular complexity index is 889. The molecule has 2 amide bonds. The highest BCUT2D eigenvalue weighted by molar-refractivity contribution is 8.00. The van der Waals surface area contributed by atoms with Crippen molar-refractivity contribution in [1.29, 1.82) is 0 Å². The van der Waals surface area contributed by atoms with E-state index in [1.807, 2.05) is 0 Å². The van der Waals surface area contributed by atoms with Gasteiger partial charge in [-0.25, -0.2) is 5.43 Å². The molecule has 2 aromatic carbocycles. The van der Waals surface area contributed by atoms with E-state index in [9.17, 15) is 22.8 Å². The Morgan fingerprint density at radius 3 is 2.43 bits per heavy atom. The van der Waals surface area contributed by atoms with Crippen molar-refractivity contribution >= 4 is 35.5 Å². The normalized spacial score (nSPS) is 11.2. The van der Waals surface area contributed by atoms with Crippen LogP contribution in [0.2, 0.25) is 0 Å². The van der Waals surface area contributed by atoms with Gasteiger partial charge in [0.2, 0.25) is 11.8 Å². The number of alkyl halides is 3. The zero-order valence-electron chi connectivity index (χ0n) is 15.7. The molecule has 0 bridgehead atoms. The molecule has 30 heavy (non-hydrogen) atoms. The number of benzene rings is 2. The molecule has 0 aromatic heterocycles. The Balaban J connectivity index is 1.68. The lowest BCUT2D eigenvalue weighted by atomic mass is 10.2. The molecule has 2 rings (SSSR count). The van der Waals surface area contributed by atoms with Gasteiger partial charge in [-0.3, -0.25) is 9.59 Å². The maximum Gasteiger partial charge on any atom is 0.573 e. The van der Waals surface area contributed by atoms with Gasteiger partial charge in [-0.15, -0.1) is 24.9 Å². The summed E-state index contributed by atoms with van der Waals surface area (Å²) in [5.41, 5.74) is 3.40. The fourth-order valence-corrected chi connectivity index (χ4v) is 2.72. The summed E-state index contributed by atoms with van der Waals surface area (Å²) in [6.45, 7) is 0. The highest BCUT2D eigenvalue weighted by Gasteiger charge is 2.30. The minimum Gasteiger partial charge on any atom is -0.497 e. The third kappa shape index (κ3) is 8.86. The average molecular weight is 441 g/mol. The van der Waals surface area contributed by atoms with Gasteiger partial charge in [-0.1, -0.05) is 12.1 Å². The molecule has 0 saturated carbocycles. The molecule has 0 aliphatic heterocycles. The first kappa shape index (κ1) is 23.1. The minimum absolute atomic E-state index is 0.00122. The van der Waals surface area contributed by atoms with E-state index in [1.165, 1.54) is 18.3 Å². The molecule has 0 atom stereocenters. The number of hydrazone groups is 1. The number of hydrogen-bond donors (Lipinski definition) is 2. The van der Waals surface area contributed by atoms with Crippen LogP contribution in [0.25, 0.3) is 0 Å². The molecular formula is C19H18F3N3O4S. The third-order valence-electron chi connectivity index (χ3n) is 3.33. The number of halogens is 3. The van der Waals surface area contributed by atoms with E-state index in [0.717, 1.165) is 29.5 Å². The maximum absolute atomic E-state index is 12.1. The predicted molar refractivity (Wildman–Crippen MR) is 108 cm³/mol. The molecule has 0 unspecified atom stereocenters. The zero-order valence-corrected chi connectivity index (χ0v) is 16.5. The minimum atomic E-state index is -4.78. The van der Waals surface area contributed by atoms with Gasteiger partial charge >= 0.3 is 6.36 Å². The fraction of sp³-hybridized carbons (Fsp3) is 0.211. The van der Waals surface area contributed by atoms with Gasteiger partial charge in [0, 0.05) is 5.69 Å².